The lowest BCUT2D eigenvalue weighted by Crippen LogP contribution is -2.22. The van der Waals surface area contributed by atoms with Gasteiger partial charge in [0.25, 0.3) is 0 Å². The van der Waals surface area contributed by atoms with Crippen LogP contribution in [0, 0.1) is 0 Å². The molecule has 21 heavy (non-hydrogen) atoms. The highest BCUT2D eigenvalue weighted by Gasteiger charge is 2.18. The molecule has 0 unspecified atom stereocenters. The number of methoxy groups -OCH3 is 1. The number of thioether (sulfide) groups is 1. The van der Waals surface area contributed by atoms with E-state index in [9.17, 15) is 0 Å². The Morgan fingerprint density at radius 1 is 1.29 bits per heavy atom. The van der Waals surface area contributed by atoms with Gasteiger partial charge in [0.15, 0.2) is 11.5 Å². The zero-order valence-corrected chi connectivity index (χ0v) is 12.7. The minimum atomic E-state index is 0.270. The van der Waals surface area contributed by atoms with Gasteiger partial charge in [-0.25, -0.2) is 0 Å². The van der Waals surface area contributed by atoms with Gasteiger partial charge in [0.1, 0.15) is 6.10 Å². The Hall–Kier alpha value is -1.82. The maximum Gasteiger partial charge on any atom is 0.229 e. The van der Waals surface area contributed by atoms with Gasteiger partial charge >= 0.3 is 0 Å². The van der Waals surface area contributed by atoms with E-state index in [2.05, 4.69) is 5.16 Å². The smallest absolute Gasteiger partial charge is 0.229 e. The van der Waals surface area contributed by atoms with Gasteiger partial charge in [0.2, 0.25) is 5.88 Å². The van der Waals surface area contributed by atoms with Gasteiger partial charge in [-0.3, -0.25) is 0 Å². The van der Waals surface area contributed by atoms with Crippen molar-refractivity contribution >= 4 is 17.6 Å². The van der Waals surface area contributed by atoms with Crippen molar-refractivity contribution < 1.29 is 14.0 Å². The van der Waals surface area contributed by atoms with Crippen molar-refractivity contribution in [1.29, 1.82) is 0 Å². The molecule has 0 aliphatic carbocycles. The van der Waals surface area contributed by atoms with Gasteiger partial charge in [-0.15, -0.1) is 0 Å². The largest absolute Gasteiger partial charge is 0.493 e. The molecule has 1 saturated heterocycles. The lowest BCUT2D eigenvalue weighted by molar-refractivity contribution is 0.184. The van der Waals surface area contributed by atoms with E-state index in [1.165, 1.54) is 0 Å². The molecule has 1 aromatic heterocycles. The van der Waals surface area contributed by atoms with Crippen LogP contribution in [0.4, 0.5) is 5.88 Å². The minimum Gasteiger partial charge on any atom is -0.493 e. The Morgan fingerprint density at radius 2 is 2.10 bits per heavy atom. The molecule has 0 amide bonds. The van der Waals surface area contributed by atoms with E-state index < -0.39 is 0 Å². The van der Waals surface area contributed by atoms with Crippen molar-refractivity contribution in [2.24, 2.45) is 0 Å². The van der Waals surface area contributed by atoms with E-state index >= 15 is 0 Å². The third-order valence-corrected chi connectivity index (χ3v) is 4.58. The number of benzene rings is 1. The van der Waals surface area contributed by atoms with Crippen LogP contribution in [0.15, 0.2) is 28.9 Å². The van der Waals surface area contributed by atoms with Crippen LogP contribution in [0.25, 0.3) is 11.1 Å². The fourth-order valence-electron chi connectivity index (χ4n) is 2.37. The van der Waals surface area contributed by atoms with Crippen LogP contribution in [0.2, 0.25) is 0 Å². The highest BCUT2D eigenvalue weighted by molar-refractivity contribution is 7.99. The Morgan fingerprint density at radius 3 is 2.76 bits per heavy atom. The Balaban J connectivity index is 1.83. The van der Waals surface area contributed by atoms with Crippen LogP contribution in [-0.2, 0) is 0 Å². The number of ether oxygens (including phenoxy) is 2. The number of nitrogen functional groups attached to an aromatic ring is 1. The van der Waals surface area contributed by atoms with E-state index in [-0.39, 0.29) is 6.10 Å². The molecule has 2 heterocycles. The van der Waals surface area contributed by atoms with Crippen LogP contribution < -0.4 is 15.2 Å². The first-order valence-electron chi connectivity index (χ1n) is 6.91. The Bertz CT molecular complexity index is 609. The number of anilines is 1. The summed E-state index contributed by atoms with van der Waals surface area (Å²) in [5.74, 6) is 4.08. The van der Waals surface area contributed by atoms with E-state index in [4.69, 9.17) is 19.7 Å². The first-order valence-corrected chi connectivity index (χ1v) is 8.06. The van der Waals surface area contributed by atoms with Gasteiger partial charge in [-0.05, 0) is 42.0 Å². The average Bonchev–Trinajstić information content (AvgIpc) is 2.95. The van der Waals surface area contributed by atoms with Crippen molar-refractivity contribution in [1.82, 2.24) is 5.16 Å². The molecule has 112 valence electrons. The molecule has 0 bridgehead atoms. The second kappa shape index (κ2) is 6.30. The van der Waals surface area contributed by atoms with Crippen molar-refractivity contribution in [2.75, 3.05) is 24.3 Å². The number of nitrogens with zero attached hydrogens (tertiary/aromatic N) is 1. The summed E-state index contributed by atoms with van der Waals surface area (Å²) in [4.78, 5) is 0. The number of hydrogen-bond acceptors (Lipinski definition) is 6. The molecular formula is C15H18N2O3S. The van der Waals surface area contributed by atoms with E-state index in [1.807, 2.05) is 30.0 Å². The zero-order valence-electron chi connectivity index (χ0n) is 11.9. The monoisotopic (exact) mass is 306 g/mol. The van der Waals surface area contributed by atoms with E-state index in [1.54, 1.807) is 13.3 Å². The Labute approximate surface area is 127 Å². The summed E-state index contributed by atoms with van der Waals surface area (Å²) in [7, 11) is 1.64. The van der Waals surface area contributed by atoms with E-state index in [0.29, 0.717) is 11.6 Å². The molecule has 3 rings (SSSR count). The van der Waals surface area contributed by atoms with Crippen molar-refractivity contribution in [2.45, 2.75) is 18.9 Å². The highest BCUT2D eigenvalue weighted by Crippen LogP contribution is 2.36. The summed E-state index contributed by atoms with van der Waals surface area (Å²) in [6, 6.07) is 5.76. The molecule has 6 heteroatoms. The predicted molar refractivity (Wildman–Crippen MR) is 83.9 cm³/mol. The molecule has 0 atom stereocenters. The van der Waals surface area contributed by atoms with Crippen LogP contribution >= 0.6 is 11.8 Å². The molecule has 1 aliphatic rings. The van der Waals surface area contributed by atoms with Gasteiger partial charge in [-0.2, -0.15) is 11.8 Å². The van der Waals surface area contributed by atoms with Crippen molar-refractivity contribution in [3.05, 3.63) is 24.4 Å². The second-order valence-corrected chi connectivity index (χ2v) is 6.12. The van der Waals surface area contributed by atoms with Crippen LogP contribution in [0.1, 0.15) is 12.8 Å². The normalized spacial score (nSPS) is 15.9. The maximum atomic E-state index is 6.07. The SMILES string of the molecule is COc1cc(-c2cnoc2N)ccc1OC1CCSCC1. The van der Waals surface area contributed by atoms with Crippen LogP contribution in [0.5, 0.6) is 11.5 Å². The third kappa shape index (κ3) is 3.10. The summed E-state index contributed by atoms with van der Waals surface area (Å²) in [5.41, 5.74) is 7.41. The summed E-state index contributed by atoms with van der Waals surface area (Å²) < 4.78 is 16.4. The quantitative estimate of drug-likeness (QED) is 0.935. The standard InChI is InChI=1S/C15H18N2O3S/c1-18-14-8-10(12-9-17-20-15(12)16)2-3-13(14)19-11-4-6-21-7-5-11/h2-3,8-9,11H,4-7,16H2,1H3. The van der Waals surface area contributed by atoms with Gasteiger partial charge < -0.3 is 19.7 Å². The summed E-state index contributed by atoms with van der Waals surface area (Å²) >= 11 is 1.98. The average molecular weight is 306 g/mol. The number of rotatable bonds is 4. The molecule has 2 N–H and O–H groups in total. The molecule has 1 aliphatic heterocycles. The molecule has 0 spiro atoms. The van der Waals surface area contributed by atoms with Crippen LogP contribution in [-0.4, -0.2) is 29.9 Å². The molecule has 1 aromatic carbocycles. The maximum absolute atomic E-state index is 6.07. The zero-order chi connectivity index (χ0) is 14.7. The topological polar surface area (TPSA) is 70.5 Å². The molecule has 5 nitrogen and oxygen atoms in total. The number of nitrogens with two attached hydrogens (primary N) is 1. The third-order valence-electron chi connectivity index (χ3n) is 3.53. The Kier molecular flexibility index (Phi) is 4.24. The van der Waals surface area contributed by atoms with Gasteiger partial charge in [0.05, 0.1) is 18.9 Å². The lowest BCUT2D eigenvalue weighted by Gasteiger charge is -2.23. The first-order chi connectivity index (χ1) is 10.3. The summed E-state index contributed by atoms with van der Waals surface area (Å²) in [6.45, 7) is 0. The van der Waals surface area contributed by atoms with Gasteiger partial charge in [-0.1, -0.05) is 11.2 Å². The molecule has 2 aromatic rings. The molecular weight excluding hydrogens is 288 g/mol. The molecule has 0 radical (unpaired) electrons. The van der Waals surface area contributed by atoms with Crippen LogP contribution in [0.3, 0.4) is 0 Å². The fraction of sp³-hybridized carbons (Fsp3) is 0.400. The van der Waals surface area contributed by atoms with Gasteiger partial charge in [0, 0.05) is 0 Å². The van der Waals surface area contributed by atoms with Crippen molar-refractivity contribution in [3.63, 3.8) is 0 Å². The summed E-state index contributed by atoms with van der Waals surface area (Å²) in [5, 5.41) is 3.70. The minimum absolute atomic E-state index is 0.270. The lowest BCUT2D eigenvalue weighted by atomic mass is 10.1. The highest BCUT2D eigenvalue weighted by atomic mass is 32.2. The number of hydrogen-bond donors (Lipinski definition) is 1. The van der Waals surface area contributed by atoms with Crippen molar-refractivity contribution in [3.8, 4) is 22.6 Å². The molecule has 1 fully saturated rings. The second-order valence-electron chi connectivity index (χ2n) is 4.90. The predicted octanol–water partition coefficient (Wildman–Crippen LogP) is 3.21. The number of aromatic nitrogens is 1. The summed E-state index contributed by atoms with van der Waals surface area (Å²) in [6.07, 6.45) is 4.03. The fourth-order valence-corrected chi connectivity index (χ4v) is 3.43. The first kappa shape index (κ1) is 14.1. The van der Waals surface area contributed by atoms with E-state index in [0.717, 1.165) is 41.2 Å². The molecule has 0 saturated carbocycles.